The topological polar surface area (TPSA) is 85.3 Å². The fraction of sp³-hybridized carbons (Fsp3) is 0.967. The molecule has 0 aromatic carbocycles. The average molecular weight is 564 g/mol. The molecular formula is C30H62NO6P. The molecule has 0 saturated carbocycles. The van der Waals surface area contributed by atoms with Crippen LogP contribution in [0.5, 0.6) is 0 Å². The molecule has 0 heterocycles. The number of hydrogen-bond acceptors (Lipinski definition) is 6. The van der Waals surface area contributed by atoms with Crippen molar-refractivity contribution in [1.29, 1.82) is 0 Å². The minimum atomic E-state index is -3.73. The molecular weight excluding hydrogens is 501 g/mol. The smallest absolute Gasteiger partial charge is 0.329 e. The van der Waals surface area contributed by atoms with Crippen molar-refractivity contribution in [3.05, 3.63) is 0 Å². The third-order valence-electron chi connectivity index (χ3n) is 6.74. The number of esters is 1. The summed E-state index contributed by atoms with van der Waals surface area (Å²) in [5, 5.41) is 0. The van der Waals surface area contributed by atoms with E-state index in [0.717, 1.165) is 12.8 Å². The fourth-order valence-electron chi connectivity index (χ4n) is 4.30. The molecule has 0 aliphatic rings. The van der Waals surface area contributed by atoms with Crippen LogP contribution in [0.25, 0.3) is 0 Å². The molecule has 0 fully saturated rings. The molecule has 1 N–H and O–H groups in total. The number of rotatable bonds is 29. The van der Waals surface area contributed by atoms with Crippen LogP contribution in [0, 0.1) is 0 Å². The first-order valence-corrected chi connectivity index (χ1v) is 17.4. The van der Waals surface area contributed by atoms with Gasteiger partial charge in [0.25, 0.3) is 0 Å². The van der Waals surface area contributed by atoms with Crippen LogP contribution in [0.1, 0.15) is 136 Å². The Morgan fingerprint density at radius 1 is 0.737 bits per heavy atom. The first-order valence-electron chi connectivity index (χ1n) is 15.7. The molecule has 0 aromatic heterocycles. The second kappa shape index (κ2) is 26.7. The molecule has 0 rings (SSSR count). The summed E-state index contributed by atoms with van der Waals surface area (Å²) in [6.45, 7) is 5.28. The van der Waals surface area contributed by atoms with E-state index >= 15 is 0 Å². The van der Waals surface area contributed by atoms with Gasteiger partial charge in [-0.15, -0.1) is 0 Å². The van der Waals surface area contributed by atoms with Crippen LogP contribution >= 0.6 is 7.60 Å². The van der Waals surface area contributed by atoms with E-state index < -0.39 is 13.7 Å². The fourth-order valence-corrected chi connectivity index (χ4v) is 5.48. The van der Waals surface area contributed by atoms with Gasteiger partial charge in [-0.05, 0) is 26.9 Å². The van der Waals surface area contributed by atoms with Gasteiger partial charge in [-0.2, -0.15) is 0 Å². The predicted octanol–water partition coefficient (Wildman–Crippen LogP) is 8.13. The van der Waals surface area contributed by atoms with Gasteiger partial charge in [-0.25, -0.2) is 0 Å². The van der Waals surface area contributed by atoms with Gasteiger partial charge < -0.3 is 23.8 Å². The van der Waals surface area contributed by atoms with Crippen molar-refractivity contribution in [3.63, 3.8) is 0 Å². The Balaban J connectivity index is 3.76. The molecule has 0 amide bonds. The van der Waals surface area contributed by atoms with Gasteiger partial charge in [-0.3, -0.25) is 9.36 Å². The number of ether oxygens (including phenoxy) is 2. The molecule has 8 heteroatoms. The lowest BCUT2D eigenvalue weighted by atomic mass is 10.0. The predicted molar refractivity (Wildman–Crippen MR) is 159 cm³/mol. The Labute approximate surface area is 235 Å². The van der Waals surface area contributed by atoms with Gasteiger partial charge in [0.05, 0.1) is 19.4 Å². The molecule has 38 heavy (non-hydrogen) atoms. The molecule has 0 saturated heterocycles. The Morgan fingerprint density at radius 2 is 1.21 bits per heavy atom. The third-order valence-corrected chi connectivity index (χ3v) is 8.06. The largest absolute Gasteiger partial charge is 0.457 e. The van der Waals surface area contributed by atoms with Gasteiger partial charge in [0.1, 0.15) is 6.10 Å². The van der Waals surface area contributed by atoms with Gasteiger partial charge in [-0.1, -0.05) is 117 Å². The summed E-state index contributed by atoms with van der Waals surface area (Å²) in [7, 11) is -0.0554. The molecule has 0 spiro atoms. The summed E-state index contributed by atoms with van der Waals surface area (Å²) < 4.78 is 28.6. The van der Waals surface area contributed by atoms with Crippen LogP contribution in [-0.2, 0) is 23.4 Å². The Bertz CT molecular complexity index is 575. The van der Waals surface area contributed by atoms with Gasteiger partial charge in [0, 0.05) is 19.6 Å². The highest BCUT2D eigenvalue weighted by Crippen LogP contribution is 2.41. The number of carbonyl (C=O) groups is 1. The van der Waals surface area contributed by atoms with Crippen LogP contribution in [-0.4, -0.2) is 68.5 Å². The van der Waals surface area contributed by atoms with Crippen molar-refractivity contribution in [1.82, 2.24) is 4.90 Å². The van der Waals surface area contributed by atoms with E-state index in [1.165, 1.54) is 96.3 Å². The van der Waals surface area contributed by atoms with E-state index in [-0.39, 0.29) is 25.3 Å². The number of hydrogen-bond donors (Lipinski definition) is 1. The highest BCUT2D eigenvalue weighted by atomic mass is 31.2. The van der Waals surface area contributed by atoms with Gasteiger partial charge in [0.15, 0.2) is 0 Å². The zero-order chi connectivity index (χ0) is 28.3. The highest BCUT2D eigenvalue weighted by Gasteiger charge is 2.24. The molecule has 0 aliphatic heterocycles. The van der Waals surface area contributed by atoms with Crippen molar-refractivity contribution in [2.75, 3.05) is 46.6 Å². The minimum absolute atomic E-state index is 0.0374. The Hall–Kier alpha value is -0.460. The monoisotopic (exact) mass is 563 g/mol. The molecule has 0 aromatic rings. The highest BCUT2D eigenvalue weighted by molar-refractivity contribution is 7.52. The number of unbranched alkanes of at least 4 members (excludes halogenated alkanes) is 16. The third kappa shape index (κ3) is 27.1. The van der Waals surface area contributed by atoms with Crippen molar-refractivity contribution in [3.8, 4) is 0 Å². The molecule has 0 aliphatic carbocycles. The first kappa shape index (κ1) is 37.5. The Kier molecular flexibility index (Phi) is 26.4. The zero-order valence-corrected chi connectivity index (χ0v) is 26.3. The van der Waals surface area contributed by atoms with E-state index in [0.29, 0.717) is 26.0 Å². The molecule has 2 atom stereocenters. The standard InChI is InChI=1S/C30H62NO6P/c1-5-7-8-9-10-11-12-13-14-15-16-17-18-19-20-21-22-25-35-27-29(37-30(32)23-6-2)28-36-38(33,34)26-24-31(3)4/h29H,5-28H2,1-4H3,(H,33,34). The van der Waals surface area contributed by atoms with Crippen LogP contribution in [0.15, 0.2) is 0 Å². The summed E-state index contributed by atoms with van der Waals surface area (Å²) in [5.74, 6) is -0.330. The number of nitrogens with zero attached hydrogens (tertiary/aromatic N) is 1. The molecule has 2 unspecified atom stereocenters. The maximum absolute atomic E-state index is 12.2. The van der Waals surface area contributed by atoms with Crippen LogP contribution in [0.2, 0.25) is 0 Å². The maximum Gasteiger partial charge on any atom is 0.329 e. The van der Waals surface area contributed by atoms with Crippen molar-refractivity contribution in [2.45, 2.75) is 142 Å². The van der Waals surface area contributed by atoms with Crippen LogP contribution in [0.4, 0.5) is 0 Å². The lowest BCUT2D eigenvalue weighted by Crippen LogP contribution is -2.29. The van der Waals surface area contributed by atoms with E-state index in [1.807, 2.05) is 25.9 Å². The van der Waals surface area contributed by atoms with Crippen LogP contribution in [0.3, 0.4) is 0 Å². The summed E-state index contributed by atoms with van der Waals surface area (Å²) in [4.78, 5) is 23.8. The maximum atomic E-state index is 12.2. The van der Waals surface area contributed by atoms with E-state index in [9.17, 15) is 14.3 Å². The second-order valence-electron chi connectivity index (χ2n) is 11.1. The van der Waals surface area contributed by atoms with E-state index in [2.05, 4.69) is 6.92 Å². The summed E-state index contributed by atoms with van der Waals surface area (Å²) in [6.07, 6.45) is 23.1. The van der Waals surface area contributed by atoms with Gasteiger partial charge >= 0.3 is 13.6 Å². The molecule has 0 bridgehead atoms. The SMILES string of the molecule is CCCCCCCCCCCCCCCCCCCOCC(COP(=O)(O)CCN(C)C)OC(=O)CCC. The first-order chi connectivity index (χ1) is 18.3. The second-order valence-corrected chi connectivity index (χ2v) is 13.0. The molecule has 7 nitrogen and oxygen atoms in total. The van der Waals surface area contributed by atoms with E-state index in [1.54, 1.807) is 0 Å². The lowest BCUT2D eigenvalue weighted by Gasteiger charge is -2.21. The Morgan fingerprint density at radius 3 is 1.66 bits per heavy atom. The van der Waals surface area contributed by atoms with Gasteiger partial charge in [0.2, 0.25) is 0 Å². The van der Waals surface area contributed by atoms with Crippen LogP contribution < -0.4 is 0 Å². The molecule has 228 valence electrons. The normalized spacial score (nSPS) is 14.1. The van der Waals surface area contributed by atoms with Crippen molar-refractivity contribution >= 4 is 13.6 Å². The summed E-state index contributed by atoms with van der Waals surface area (Å²) in [5.41, 5.74) is 0. The average Bonchev–Trinajstić information content (AvgIpc) is 2.87. The zero-order valence-electron chi connectivity index (χ0n) is 25.4. The summed E-state index contributed by atoms with van der Waals surface area (Å²) in [6, 6.07) is 0. The quantitative estimate of drug-likeness (QED) is 0.0558. The summed E-state index contributed by atoms with van der Waals surface area (Å²) >= 11 is 0. The number of carbonyl (C=O) groups excluding carboxylic acids is 1. The minimum Gasteiger partial charge on any atom is -0.457 e. The van der Waals surface area contributed by atoms with E-state index in [4.69, 9.17) is 14.0 Å². The molecule has 0 radical (unpaired) electrons. The lowest BCUT2D eigenvalue weighted by molar-refractivity contribution is -0.154. The van der Waals surface area contributed by atoms with Crippen molar-refractivity contribution in [2.24, 2.45) is 0 Å². The van der Waals surface area contributed by atoms with Crippen molar-refractivity contribution < 1.29 is 28.3 Å².